The van der Waals surface area contributed by atoms with Gasteiger partial charge in [0.25, 0.3) is 0 Å². The molecule has 3 heteroatoms. The normalized spacial score (nSPS) is 35.9. The summed E-state index contributed by atoms with van der Waals surface area (Å²) in [5, 5.41) is 3.49. The molecule has 2 saturated heterocycles. The predicted octanol–water partition coefficient (Wildman–Crippen LogP) is 1.32. The Labute approximate surface area is 90.4 Å². The Bertz CT molecular complexity index is 322. The Balaban J connectivity index is 1.68. The summed E-state index contributed by atoms with van der Waals surface area (Å²) < 4.78 is 5.12. The van der Waals surface area contributed by atoms with Gasteiger partial charge in [-0.05, 0) is 37.9 Å². The summed E-state index contributed by atoms with van der Waals surface area (Å²) in [4.78, 5) is 2.58. The van der Waals surface area contributed by atoms with E-state index in [2.05, 4.69) is 23.2 Å². The van der Waals surface area contributed by atoms with Crippen molar-refractivity contribution in [3.05, 3.63) is 24.2 Å². The quantitative estimate of drug-likeness (QED) is 0.791. The first-order chi connectivity index (χ1) is 7.34. The number of nitrogens with zero attached hydrogens (tertiary/aromatic N) is 1. The van der Waals surface area contributed by atoms with E-state index < -0.39 is 0 Å². The molecule has 2 aliphatic heterocycles. The van der Waals surface area contributed by atoms with E-state index in [0.29, 0.717) is 6.04 Å². The lowest BCUT2D eigenvalue weighted by molar-refractivity contribution is 0.231. The second-order valence-corrected chi connectivity index (χ2v) is 4.88. The third-order valence-corrected chi connectivity index (χ3v) is 4.02. The van der Waals surface area contributed by atoms with Crippen molar-refractivity contribution in [1.82, 2.24) is 10.2 Å². The Hall–Kier alpha value is -0.800. The first kappa shape index (κ1) is 9.43. The maximum absolute atomic E-state index is 5.12. The van der Waals surface area contributed by atoms with E-state index in [1.165, 1.54) is 25.2 Å². The molecule has 1 aromatic rings. The number of likely N-dealkylation sites (tertiary alicyclic amines) is 1. The largest absolute Gasteiger partial charge is 0.472 e. The van der Waals surface area contributed by atoms with Crippen molar-refractivity contribution >= 4 is 0 Å². The minimum atomic E-state index is 0.708. The minimum Gasteiger partial charge on any atom is -0.472 e. The van der Waals surface area contributed by atoms with Crippen molar-refractivity contribution in [3.63, 3.8) is 0 Å². The van der Waals surface area contributed by atoms with Gasteiger partial charge in [0, 0.05) is 24.7 Å². The molecule has 3 atom stereocenters. The molecule has 82 valence electrons. The summed E-state index contributed by atoms with van der Waals surface area (Å²) in [5.41, 5.74) is 1.30. The average molecular weight is 206 g/mol. The summed E-state index contributed by atoms with van der Waals surface area (Å²) in [6.07, 6.45) is 3.62. The number of fused-ring (bicyclic) bond motifs is 1. The minimum absolute atomic E-state index is 0.708. The lowest BCUT2D eigenvalue weighted by Gasteiger charge is -2.23. The van der Waals surface area contributed by atoms with Crippen LogP contribution in [0.1, 0.15) is 12.5 Å². The Morgan fingerprint density at radius 2 is 2.47 bits per heavy atom. The zero-order chi connectivity index (χ0) is 10.3. The van der Waals surface area contributed by atoms with E-state index in [4.69, 9.17) is 4.42 Å². The van der Waals surface area contributed by atoms with Crippen molar-refractivity contribution in [2.75, 3.05) is 19.6 Å². The fraction of sp³-hybridized carbons (Fsp3) is 0.667. The average Bonchev–Trinajstić information content (AvgIpc) is 2.89. The van der Waals surface area contributed by atoms with Crippen molar-refractivity contribution in [1.29, 1.82) is 0 Å². The van der Waals surface area contributed by atoms with E-state index in [1.54, 1.807) is 6.26 Å². The standard InChI is InChI=1S/C12H18N2O/c1-9-12-5-13-4-11(12)7-14(9)6-10-2-3-15-8-10/h2-3,8-9,11-13H,4-7H2,1H3. The number of rotatable bonds is 2. The Morgan fingerprint density at radius 1 is 1.53 bits per heavy atom. The molecule has 15 heavy (non-hydrogen) atoms. The zero-order valence-corrected chi connectivity index (χ0v) is 9.15. The lowest BCUT2D eigenvalue weighted by Crippen LogP contribution is -2.32. The number of hydrogen-bond donors (Lipinski definition) is 1. The molecule has 3 unspecified atom stereocenters. The molecule has 0 radical (unpaired) electrons. The van der Waals surface area contributed by atoms with Crippen molar-refractivity contribution in [2.45, 2.75) is 19.5 Å². The van der Waals surface area contributed by atoms with Gasteiger partial charge >= 0.3 is 0 Å². The summed E-state index contributed by atoms with van der Waals surface area (Å²) in [6.45, 7) is 7.05. The topological polar surface area (TPSA) is 28.4 Å². The van der Waals surface area contributed by atoms with Gasteiger partial charge in [-0.15, -0.1) is 0 Å². The highest BCUT2D eigenvalue weighted by Crippen LogP contribution is 2.33. The molecule has 2 fully saturated rings. The van der Waals surface area contributed by atoms with Crippen LogP contribution in [0.5, 0.6) is 0 Å². The molecular weight excluding hydrogens is 188 g/mol. The molecule has 2 aliphatic rings. The molecule has 3 rings (SSSR count). The van der Waals surface area contributed by atoms with Crippen molar-refractivity contribution in [2.24, 2.45) is 11.8 Å². The summed E-state index contributed by atoms with van der Waals surface area (Å²) in [7, 11) is 0. The number of furan rings is 1. The third-order valence-electron chi connectivity index (χ3n) is 4.02. The van der Waals surface area contributed by atoms with Gasteiger partial charge in [-0.3, -0.25) is 4.90 Å². The molecular formula is C12H18N2O. The first-order valence-electron chi connectivity index (χ1n) is 5.80. The van der Waals surface area contributed by atoms with Gasteiger partial charge in [0.1, 0.15) is 0 Å². The third kappa shape index (κ3) is 1.60. The molecule has 0 saturated carbocycles. The van der Waals surface area contributed by atoms with Crippen LogP contribution in [0.25, 0.3) is 0 Å². The van der Waals surface area contributed by atoms with E-state index in [9.17, 15) is 0 Å². The number of hydrogen-bond acceptors (Lipinski definition) is 3. The molecule has 0 spiro atoms. The van der Waals surface area contributed by atoms with Crippen LogP contribution in [0.3, 0.4) is 0 Å². The summed E-state index contributed by atoms with van der Waals surface area (Å²) >= 11 is 0. The molecule has 0 aliphatic carbocycles. The predicted molar refractivity (Wildman–Crippen MR) is 58.4 cm³/mol. The Kier molecular flexibility index (Phi) is 2.29. The van der Waals surface area contributed by atoms with Crippen LogP contribution in [0.2, 0.25) is 0 Å². The molecule has 3 heterocycles. The van der Waals surface area contributed by atoms with Crippen molar-refractivity contribution in [3.8, 4) is 0 Å². The van der Waals surface area contributed by atoms with Gasteiger partial charge in [0.2, 0.25) is 0 Å². The van der Waals surface area contributed by atoms with Crippen LogP contribution in [-0.2, 0) is 6.54 Å². The van der Waals surface area contributed by atoms with Crippen molar-refractivity contribution < 1.29 is 4.42 Å². The van der Waals surface area contributed by atoms with E-state index in [0.717, 1.165) is 18.4 Å². The van der Waals surface area contributed by atoms with Gasteiger partial charge in [-0.25, -0.2) is 0 Å². The summed E-state index contributed by atoms with van der Waals surface area (Å²) in [6, 6.07) is 2.78. The van der Waals surface area contributed by atoms with Crippen LogP contribution in [0.15, 0.2) is 23.0 Å². The molecule has 0 aromatic carbocycles. The number of nitrogens with one attached hydrogen (secondary N) is 1. The van der Waals surface area contributed by atoms with Gasteiger partial charge < -0.3 is 9.73 Å². The summed E-state index contributed by atoms with van der Waals surface area (Å²) in [5.74, 6) is 1.73. The van der Waals surface area contributed by atoms with E-state index in [-0.39, 0.29) is 0 Å². The molecule has 0 amide bonds. The van der Waals surface area contributed by atoms with E-state index >= 15 is 0 Å². The van der Waals surface area contributed by atoms with Crippen LogP contribution < -0.4 is 5.32 Å². The highest BCUT2D eigenvalue weighted by atomic mass is 16.3. The van der Waals surface area contributed by atoms with Crippen LogP contribution in [0.4, 0.5) is 0 Å². The second kappa shape index (κ2) is 3.65. The maximum Gasteiger partial charge on any atom is 0.0947 e. The van der Waals surface area contributed by atoms with E-state index in [1.807, 2.05) is 6.26 Å². The first-order valence-corrected chi connectivity index (χ1v) is 5.80. The maximum atomic E-state index is 5.12. The van der Waals surface area contributed by atoms with Crippen LogP contribution >= 0.6 is 0 Å². The molecule has 1 aromatic heterocycles. The SMILES string of the molecule is CC1C2CNCC2CN1Cc1ccoc1. The second-order valence-electron chi connectivity index (χ2n) is 4.88. The molecule has 0 bridgehead atoms. The van der Waals surface area contributed by atoms with Gasteiger partial charge in [0.05, 0.1) is 12.5 Å². The lowest BCUT2D eigenvalue weighted by atomic mass is 9.95. The smallest absolute Gasteiger partial charge is 0.0947 e. The fourth-order valence-corrected chi connectivity index (χ4v) is 3.08. The molecule has 3 nitrogen and oxygen atoms in total. The van der Waals surface area contributed by atoms with Gasteiger partial charge in [-0.2, -0.15) is 0 Å². The highest BCUT2D eigenvalue weighted by Gasteiger charge is 2.41. The van der Waals surface area contributed by atoms with Gasteiger partial charge in [0.15, 0.2) is 0 Å². The van der Waals surface area contributed by atoms with Crippen LogP contribution in [-0.4, -0.2) is 30.6 Å². The monoisotopic (exact) mass is 206 g/mol. The molecule has 1 N–H and O–H groups in total. The van der Waals surface area contributed by atoms with Crippen LogP contribution in [0, 0.1) is 11.8 Å². The highest BCUT2D eigenvalue weighted by molar-refractivity contribution is 5.07. The Morgan fingerprint density at radius 3 is 3.20 bits per heavy atom. The zero-order valence-electron chi connectivity index (χ0n) is 9.15. The van der Waals surface area contributed by atoms with Gasteiger partial charge in [-0.1, -0.05) is 0 Å². The fourth-order valence-electron chi connectivity index (χ4n) is 3.08.